The van der Waals surface area contributed by atoms with Gasteiger partial charge in [0.2, 0.25) is 0 Å². The number of ketones is 1. The molecule has 4 rings (SSSR count). The van der Waals surface area contributed by atoms with Gasteiger partial charge in [0.1, 0.15) is 23.0 Å². The van der Waals surface area contributed by atoms with Crippen molar-refractivity contribution in [1.29, 1.82) is 0 Å². The molecule has 0 unspecified atom stereocenters. The number of carbonyl (C=O) groups is 1. The van der Waals surface area contributed by atoms with Gasteiger partial charge in [-0.3, -0.25) is 9.69 Å². The molecule has 3 atom stereocenters. The van der Waals surface area contributed by atoms with Crippen LogP contribution in [0, 0.1) is 24.6 Å². The number of Topliss-reactive ketones (excluding diaryl/α,β-unsaturated/α-hetero) is 1. The Morgan fingerprint density at radius 1 is 1.26 bits per heavy atom. The van der Waals surface area contributed by atoms with Gasteiger partial charge in [0.15, 0.2) is 5.78 Å². The molecule has 6 heteroatoms. The van der Waals surface area contributed by atoms with E-state index in [4.69, 9.17) is 4.74 Å². The largest absolute Gasteiger partial charge is 0.506 e. The fourth-order valence-electron chi connectivity index (χ4n) is 4.37. The second-order valence-electron chi connectivity index (χ2n) is 7.71. The van der Waals surface area contributed by atoms with Gasteiger partial charge in [-0.15, -0.1) is 0 Å². The minimum atomic E-state index is -0.268. The molecule has 1 aromatic carbocycles. The molecule has 27 heavy (non-hydrogen) atoms. The van der Waals surface area contributed by atoms with Gasteiger partial charge < -0.3 is 9.84 Å². The van der Waals surface area contributed by atoms with E-state index in [0.29, 0.717) is 29.8 Å². The van der Waals surface area contributed by atoms with Crippen LogP contribution in [-0.2, 0) is 0 Å². The van der Waals surface area contributed by atoms with Crippen LogP contribution in [0.5, 0.6) is 11.5 Å². The molecule has 1 N–H and O–H groups in total. The number of benzene rings is 1. The molecule has 2 fully saturated rings. The summed E-state index contributed by atoms with van der Waals surface area (Å²) in [5.41, 5.74) is 1.24. The maximum Gasteiger partial charge on any atom is 0.195 e. The first-order chi connectivity index (χ1) is 13.0. The van der Waals surface area contributed by atoms with Gasteiger partial charge in [0.05, 0.1) is 18.8 Å². The fraction of sp³-hybridized carbons (Fsp3) is 0.429. The predicted octanol–water partition coefficient (Wildman–Crippen LogP) is 3.21. The first-order valence-electron chi connectivity index (χ1n) is 9.30. The molecule has 0 radical (unpaired) electrons. The number of aromatic nitrogens is 1. The number of halogens is 1. The first-order valence-corrected chi connectivity index (χ1v) is 9.30. The van der Waals surface area contributed by atoms with Crippen LogP contribution in [0.3, 0.4) is 0 Å². The Morgan fingerprint density at radius 3 is 2.63 bits per heavy atom. The number of aryl methyl sites for hydroxylation is 1. The molecule has 1 aromatic heterocycles. The van der Waals surface area contributed by atoms with Crippen LogP contribution >= 0.6 is 0 Å². The monoisotopic (exact) mass is 370 g/mol. The molecule has 5 nitrogen and oxygen atoms in total. The summed E-state index contributed by atoms with van der Waals surface area (Å²) in [6.45, 7) is 3.95. The van der Waals surface area contributed by atoms with Gasteiger partial charge in [0, 0.05) is 19.2 Å². The molecule has 142 valence electrons. The highest BCUT2D eigenvalue weighted by molar-refractivity contribution is 5.95. The SMILES string of the molecule is Cc1cc(F)cc(O[C@@H]2C[C@@H]3CN(CC(=O)c4ccc(O)cn4)C[C@@H]3C2)c1. The molecular weight excluding hydrogens is 347 g/mol. The smallest absolute Gasteiger partial charge is 0.195 e. The predicted molar refractivity (Wildman–Crippen MR) is 98.4 cm³/mol. The van der Waals surface area contributed by atoms with Crippen LogP contribution in [0.2, 0.25) is 0 Å². The number of hydrogen-bond donors (Lipinski definition) is 1. The highest BCUT2D eigenvalue weighted by Crippen LogP contribution is 2.39. The zero-order chi connectivity index (χ0) is 19.0. The minimum absolute atomic E-state index is 0.0296. The highest BCUT2D eigenvalue weighted by atomic mass is 19.1. The lowest BCUT2D eigenvalue weighted by Gasteiger charge is -2.19. The Balaban J connectivity index is 1.30. The van der Waals surface area contributed by atoms with Crippen LogP contribution in [-0.4, -0.2) is 46.5 Å². The third-order valence-corrected chi connectivity index (χ3v) is 5.50. The van der Waals surface area contributed by atoms with Gasteiger partial charge in [-0.25, -0.2) is 9.37 Å². The molecule has 1 saturated carbocycles. The van der Waals surface area contributed by atoms with Crippen molar-refractivity contribution in [3.63, 3.8) is 0 Å². The number of ether oxygens (including phenoxy) is 1. The topological polar surface area (TPSA) is 62.7 Å². The van der Waals surface area contributed by atoms with E-state index in [1.807, 2.05) is 13.0 Å². The van der Waals surface area contributed by atoms with Crippen molar-refractivity contribution in [1.82, 2.24) is 9.88 Å². The number of aromatic hydroxyl groups is 1. The Morgan fingerprint density at radius 2 is 2.00 bits per heavy atom. The van der Waals surface area contributed by atoms with Crippen LogP contribution < -0.4 is 4.74 Å². The van der Waals surface area contributed by atoms with Crippen LogP contribution in [0.15, 0.2) is 36.5 Å². The number of rotatable bonds is 5. The standard InChI is InChI=1S/C21H23FN2O3/c1-13-4-16(22)8-18(5-13)27-19-6-14-10-24(11-15(14)7-19)12-21(26)20-3-2-17(25)9-23-20/h2-5,8-9,14-15,19,25H,6-7,10-12H2,1H3/t14-,15+,19-. The summed E-state index contributed by atoms with van der Waals surface area (Å²) in [5, 5.41) is 9.28. The molecule has 2 heterocycles. The van der Waals surface area contributed by atoms with Gasteiger partial charge in [0.25, 0.3) is 0 Å². The lowest BCUT2D eigenvalue weighted by molar-refractivity contribution is 0.0932. The van der Waals surface area contributed by atoms with E-state index in [0.717, 1.165) is 31.5 Å². The van der Waals surface area contributed by atoms with Crippen molar-refractivity contribution in [3.05, 3.63) is 53.6 Å². The highest BCUT2D eigenvalue weighted by Gasteiger charge is 2.42. The Labute approximate surface area is 157 Å². The van der Waals surface area contributed by atoms with Crippen molar-refractivity contribution >= 4 is 5.78 Å². The minimum Gasteiger partial charge on any atom is -0.506 e. The molecule has 0 bridgehead atoms. The zero-order valence-corrected chi connectivity index (χ0v) is 15.3. The average Bonchev–Trinajstić information content (AvgIpc) is 3.12. The Bertz CT molecular complexity index is 806. The van der Waals surface area contributed by atoms with Crippen molar-refractivity contribution in [2.45, 2.75) is 25.9 Å². The Hall–Kier alpha value is -2.47. The molecule has 1 aliphatic heterocycles. The van der Waals surface area contributed by atoms with Crippen molar-refractivity contribution < 1.29 is 19.0 Å². The number of fused-ring (bicyclic) bond motifs is 1. The Kier molecular flexibility index (Phi) is 4.83. The second kappa shape index (κ2) is 7.27. The van der Waals surface area contributed by atoms with Crippen LogP contribution in [0.1, 0.15) is 28.9 Å². The van der Waals surface area contributed by atoms with E-state index in [-0.39, 0.29) is 23.5 Å². The van der Waals surface area contributed by atoms with E-state index < -0.39 is 0 Å². The molecule has 0 spiro atoms. The summed E-state index contributed by atoms with van der Waals surface area (Å²) >= 11 is 0. The summed E-state index contributed by atoms with van der Waals surface area (Å²) in [5.74, 6) is 1.37. The van der Waals surface area contributed by atoms with E-state index in [1.54, 1.807) is 6.07 Å². The lowest BCUT2D eigenvalue weighted by Crippen LogP contribution is -2.30. The van der Waals surface area contributed by atoms with Gasteiger partial charge >= 0.3 is 0 Å². The van der Waals surface area contributed by atoms with Crippen molar-refractivity contribution in [2.75, 3.05) is 19.6 Å². The van der Waals surface area contributed by atoms with E-state index in [2.05, 4.69) is 9.88 Å². The maximum atomic E-state index is 13.5. The molecule has 1 aliphatic carbocycles. The third kappa shape index (κ3) is 4.11. The van der Waals surface area contributed by atoms with E-state index in [9.17, 15) is 14.3 Å². The van der Waals surface area contributed by atoms with Crippen LogP contribution in [0.4, 0.5) is 4.39 Å². The molecule has 2 aliphatic rings. The zero-order valence-electron chi connectivity index (χ0n) is 15.3. The molecule has 1 saturated heterocycles. The first kappa shape index (κ1) is 17.9. The second-order valence-corrected chi connectivity index (χ2v) is 7.71. The number of pyridine rings is 1. The summed E-state index contributed by atoms with van der Waals surface area (Å²) in [6.07, 6.45) is 3.27. The fourth-order valence-corrected chi connectivity index (χ4v) is 4.37. The van der Waals surface area contributed by atoms with Gasteiger partial charge in [-0.05, 0) is 61.4 Å². The van der Waals surface area contributed by atoms with Crippen molar-refractivity contribution in [2.24, 2.45) is 11.8 Å². The average molecular weight is 370 g/mol. The number of likely N-dealkylation sites (tertiary alicyclic amines) is 1. The normalized spacial score (nSPS) is 24.7. The lowest BCUT2D eigenvalue weighted by atomic mass is 10.0. The quantitative estimate of drug-likeness (QED) is 0.819. The summed E-state index contributed by atoms with van der Waals surface area (Å²) in [6, 6.07) is 7.84. The summed E-state index contributed by atoms with van der Waals surface area (Å²) in [4.78, 5) is 18.5. The van der Waals surface area contributed by atoms with Gasteiger partial charge in [-0.2, -0.15) is 0 Å². The van der Waals surface area contributed by atoms with E-state index in [1.165, 1.54) is 24.4 Å². The maximum absolute atomic E-state index is 13.5. The number of nitrogens with zero attached hydrogens (tertiary/aromatic N) is 2. The molecule has 2 aromatic rings. The number of hydrogen-bond acceptors (Lipinski definition) is 5. The van der Waals surface area contributed by atoms with Crippen LogP contribution in [0.25, 0.3) is 0 Å². The molecule has 0 amide bonds. The number of carbonyl (C=O) groups excluding carboxylic acids is 1. The van der Waals surface area contributed by atoms with Gasteiger partial charge in [-0.1, -0.05) is 0 Å². The summed E-state index contributed by atoms with van der Waals surface area (Å²) in [7, 11) is 0. The van der Waals surface area contributed by atoms with Crippen molar-refractivity contribution in [3.8, 4) is 11.5 Å². The third-order valence-electron chi connectivity index (χ3n) is 5.50. The molecular formula is C21H23FN2O3. The summed E-state index contributed by atoms with van der Waals surface area (Å²) < 4.78 is 19.5. The van der Waals surface area contributed by atoms with E-state index >= 15 is 0 Å².